The minimum atomic E-state index is 0.0304. The largest absolute Gasteiger partial charge is 0.496 e. The van der Waals surface area contributed by atoms with Gasteiger partial charge in [0, 0.05) is 38.4 Å². The summed E-state index contributed by atoms with van der Waals surface area (Å²) in [4.78, 5) is 17.8. The van der Waals surface area contributed by atoms with Gasteiger partial charge in [-0.1, -0.05) is 6.07 Å². The van der Waals surface area contributed by atoms with Gasteiger partial charge < -0.3 is 19.3 Å². The molecule has 0 radical (unpaired) electrons. The fourth-order valence-electron chi connectivity index (χ4n) is 3.79. The van der Waals surface area contributed by atoms with Gasteiger partial charge in [-0.2, -0.15) is 0 Å². The minimum Gasteiger partial charge on any atom is -0.496 e. The lowest BCUT2D eigenvalue weighted by Crippen LogP contribution is -2.36. The maximum absolute atomic E-state index is 12.9. The van der Waals surface area contributed by atoms with E-state index in [-0.39, 0.29) is 5.78 Å². The van der Waals surface area contributed by atoms with Crippen LogP contribution >= 0.6 is 0 Å². The van der Waals surface area contributed by atoms with Crippen molar-refractivity contribution >= 4 is 5.78 Å². The Bertz CT molecular complexity index is 633. The van der Waals surface area contributed by atoms with Gasteiger partial charge >= 0.3 is 0 Å². The first-order valence-corrected chi connectivity index (χ1v) is 8.29. The molecule has 0 N–H and O–H groups in total. The number of carbonyl (C=O) groups excluding carboxylic acids is 1. The van der Waals surface area contributed by atoms with Crippen molar-refractivity contribution in [2.45, 2.75) is 18.9 Å². The van der Waals surface area contributed by atoms with E-state index in [1.165, 1.54) is 25.9 Å². The molecule has 122 valence electrons. The summed E-state index contributed by atoms with van der Waals surface area (Å²) in [7, 11) is 1.59. The minimum absolute atomic E-state index is 0.0304. The Balaban J connectivity index is 1.64. The normalized spacial score (nSPS) is 28.3. The molecule has 5 heteroatoms. The van der Waals surface area contributed by atoms with Crippen LogP contribution in [0, 0.1) is 0 Å². The fraction of sp³-hybridized carbons (Fsp3) is 0.500. The Morgan fingerprint density at radius 2 is 2.04 bits per heavy atom. The van der Waals surface area contributed by atoms with Gasteiger partial charge in [0.1, 0.15) is 23.7 Å². The molecule has 5 nitrogen and oxygen atoms in total. The van der Waals surface area contributed by atoms with Crippen molar-refractivity contribution in [2.24, 2.45) is 0 Å². The number of methoxy groups -OCH3 is 1. The van der Waals surface area contributed by atoms with Crippen molar-refractivity contribution in [3.63, 3.8) is 0 Å². The topological polar surface area (TPSA) is 42.0 Å². The second kappa shape index (κ2) is 5.89. The van der Waals surface area contributed by atoms with E-state index in [4.69, 9.17) is 9.47 Å². The van der Waals surface area contributed by atoms with Crippen LogP contribution in [0.25, 0.3) is 0 Å². The van der Waals surface area contributed by atoms with Crippen molar-refractivity contribution in [1.29, 1.82) is 0 Å². The van der Waals surface area contributed by atoms with E-state index in [0.29, 0.717) is 29.7 Å². The Morgan fingerprint density at radius 1 is 1.22 bits per heavy atom. The molecule has 1 aromatic carbocycles. The molecule has 4 aliphatic rings. The summed E-state index contributed by atoms with van der Waals surface area (Å²) in [5.41, 5.74) is 1.28. The number of hydrogen-bond donors (Lipinski definition) is 0. The third-order valence-electron chi connectivity index (χ3n) is 5.13. The molecule has 1 aromatic rings. The zero-order valence-electron chi connectivity index (χ0n) is 13.5. The molecular formula is C18H22N2O3. The molecule has 0 saturated carbocycles. The molecule has 3 saturated heterocycles. The first kappa shape index (κ1) is 14.6. The van der Waals surface area contributed by atoms with Crippen LogP contribution in [0.15, 0.2) is 30.0 Å². The number of ether oxygens (including phenoxy) is 2. The first-order chi connectivity index (χ1) is 11.3. The summed E-state index contributed by atoms with van der Waals surface area (Å²) in [6.07, 6.45) is 4.40. The Labute approximate surface area is 136 Å². The lowest BCUT2D eigenvalue weighted by atomic mass is 9.99. The number of nitrogens with zero attached hydrogens (tertiary/aromatic N) is 2. The van der Waals surface area contributed by atoms with Gasteiger partial charge in [-0.05, 0) is 25.0 Å². The second-order valence-electron chi connectivity index (χ2n) is 6.42. The zero-order chi connectivity index (χ0) is 15.8. The van der Waals surface area contributed by atoms with Gasteiger partial charge in [0.05, 0.1) is 12.7 Å². The maximum Gasteiger partial charge on any atom is 0.201 e. The number of piperidine rings is 1. The molecule has 0 unspecified atom stereocenters. The average molecular weight is 314 g/mol. The smallest absolute Gasteiger partial charge is 0.201 e. The maximum atomic E-state index is 12.9. The quantitative estimate of drug-likeness (QED) is 0.780. The van der Waals surface area contributed by atoms with Crippen molar-refractivity contribution < 1.29 is 14.3 Å². The van der Waals surface area contributed by atoms with Gasteiger partial charge in [0.2, 0.25) is 5.78 Å². The summed E-state index contributed by atoms with van der Waals surface area (Å²) in [6.45, 7) is 4.75. The van der Waals surface area contributed by atoms with Crippen LogP contribution in [0.1, 0.15) is 23.2 Å². The lowest BCUT2D eigenvalue weighted by molar-refractivity contribution is 0.0990. The summed E-state index contributed by atoms with van der Waals surface area (Å²) in [5.74, 6) is 1.23. The standard InChI is InChI=1S/C18H22N2O3/c1-22-15-3-2-4-16-17(15)18(21)13(12-23-16)11-20-10-9-19-7-5-14(20)6-8-19/h2-4,11,14H,5-10,12H2,1H3/b13-11+. The SMILES string of the molecule is COc1cccc2c1C(=O)/C(=C/N1CCN3CCC1CC3)CO2. The number of fused-ring (bicyclic) bond motifs is 5. The molecule has 2 bridgehead atoms. The van der Waals surface area contributed by atoms with Crippen molar-refractivity contribution in [1.82, 2.24) is 9.80 Å². The monoisotopic (exact) mass is 314 g/mol. The fourth-order valence-corrected chi connectivity index (χ4v) is 3.79. The Morgan fingerprint density at radius 3 is 2.83 bits per heavy atom. The number of rotatable bonds is 2. The Kier molecular flexibility index (Phi) is 3.73. The van der Waals surface area contributed by atoms with Crippen LogP contribution < -0.4 is 9.47 Å². The highest BCUT2D eigenvalue weighted by Gasteiger charge is 2.31. The van der Waals surface area contributed by atoms with Crippen molar-refractivity contribution in [2.75, 3.05) is 39.9 Å². The van der Waals surface area contributed by atoms with Gasteiger partial charge in [0.15, 0.2) is 0 Å². The molecule has 5 rings (SSSR count). The number of hydrogen-bond acceptors (Lipinski definition) is 5. The third-order valence-corrected chi connectivity index (χ3v) is 5.13. The van der Waals surface area contributed by atoms with Crippen LogP contribution in [-0.4, -0.2) is 61.5 Å². The van der Waals surface area contributed by atoms with E-state index in [1.54, 1.807) is 7.11 Å². The number of benzene rings is 1. The Hall–Kier alpha value is -2.01. The molecule has 3 fully saturated rings. The summed E-state index contributed by atoms with van der Waals surface area (Å²) < 4.78 is 11.1. The van der Waals surface area contributed by atoms with Crippen LogP contribution in [0.2, 0.25) is 0 Å². The van der Waals surface area contributed by atoms with E-state index in [1.807, 2.05) is 24.4 Å². The molecular weight excluding hydrogens is 292 g/mol. The summed E-state index contributed by atoms with van der Waals surface area (Å²) >= 11 is 0. The molecule has 23 heavy (non-hydrogen) atoms. The van der Waals surface area contributed by atoms with Crippen LogP contribution in [0.4, 0.5) is 0 Å². The average Bonchev–Trinajstić information content (AvgIpc) is 2.90. The van der Waals surface area contributed by atoms with Gasteiger partial charge in [-0.25, -0.2) is 0 Å². The van der Waals surface area contributed by atoms with Crippen molar-refractivity contribution in [3.05, 3.63) is 35.5 Å². The molecule has 0 atom stereocenters. The molecule has 0 spiro atoms. The molecule has 4 aliphatic heterocycles. The first-order valence-electron chi connectivity index (χ1n) is 8.29. The van der Waals surface area contributed by atoms with E-state index in [2.05, 4.69) is 9.80 Å². The molecule has 0 aliphatic carbocycles. The van der Waals surface area contributed by atoms with Crippen LogP contribution in [0.3, 0.4) is 0 Å². The van der Waals surface area contributed by atoms with Gasteiger partial charge in [-0.3, -0.25) is 4.79 Å². The second-order valence-corrected chi connectivity index (χ2v) is 6.42. The number of ketones is 1. The van der Waals surface area contributed by atoms with Gasteiger partial charge in [-0.15, -0.1) is 0 Å². The van der Waals surface area contributed by atoms with Crippen LogP contribution in [0.5, 0.6) is 11.5 Å². The highest BCUT2D eigenvalue weighted by Crippen LogP contribution is 2.34. The number of Topliss-reactive ketones (excluding diaryl/α,β-unsaturated/α-hetero) is 1. The highest BCUT2D eigenvalue weighted by molar-refractivity contribution is 6.13. The number of carbonyl (C=O) groups is 1. The van der Waals surface area contributed by atoms with Crippen LogP contribution in [-0.2, 0) is 0 Å². The zero-order valence-corrected chi connectivity index (χ0v) is 13.5. The molecule has 0 aromatic heterocycles. The highest BCUT2D eigenvalue weighted by atomic mass is 16.5. The predicted octanol–water partition coefficient (Wildman–Crippen LogP) is 1.93. The third kappa shape index (κ3) is 2.59. The van der Waals surface area contributed by atoms with E-state index >= 15 is 0 Å². The van der Waals surface area contributed by atoms with Crippen molar-refractivity contribution in [3.8, 4) is 11.5 Å². The molecule has 4 heterocycles. The summed E-state index contributed by atoms with van der Waals surface area (Å²) in [5, 5.41) is 0. The van der Waals surface area contributed by atoms with E-state index < -0.39 is 0 Å². The van der Waals surface area contributed by atoms with E-state index in [0.717, 1.165) is 18.7 Å². The lowest BCUT2D eigenvalue weighted by Gasteiger charge is -2.31. The summed E-state index contributed by atoms with van der Waals surface area (Å²) in [6, 6.07) is 6.03. The van der Waals surface area contributed by atoms with Gasteiger partial charge in [0.25, 0.3) is 0 Å². The predicted molar refractivity (Wildman–Crippen MR) is 87.1 cm³/mol. The molecule has 0 amide bonds. The van der Waals surface area contributed by atoms with E-state index in [9.17, 15) is 4.79 Å².